The van der Waals surface area contributed by atoms with Gasteiger partial charge in [0.1, 0.15) is 24.4 Å². The van der Waals surface area contributed by atoms with Crippen LogP contribution in [-0.4, -0.2) is 63.6 Å². The number of amides is 1. The molecule has 1 saturated heterocycles. The van der Waals surface area contributed by atoms with Crippen molar-refractivity contribution in [3.8, 4) is 0 Å². The molecule has 96 valence electrons. The van der Waals surface area contributed by atoms with E-state index in [4.69, 9.17) is 9.84 Å². The standard InChI is InChI=1S/C9H14N2O5S/c1-4(13)11-6-8(15)7(14)5(2-12)16-9(6)10-3-17/h5-9,12,14-15H,2H2,1H3,(H,11,13)/t5-,6-,7+,8+,9+/m1/s1. The summed E-state index contributed by atoms with van der Waals surface area (Å²) in [7, 11) is 0. The van der Waals surface area contributed by atoms with Crippen LogP contribution in [0.15, 0.2) is 4.99 Å². The minimum absolute atomic E-state index is 0.406. The first-order chi connectivity index (χ1) is 8.01. The number of nitrogens with zero attached hydrogens (tertiary/aromatic N) is 1. The highest BCUT2D eigenvalue weighted by molar-refractivity contribution is 7.78. The third-order valence-electron chi connectivity index (χ3n) is 2.45. The summed E-state index contributed by atoms with van der Waals surface area (Å²) in [5.74, 6) is -0.406. The number of aliphatic imine (C=N–C) groups is 1. The lowest BCUT2D eigenvalue weighted by Crippen LogP contribution is -2.63. The van der Waals surface area contributed by atoms with Crippen LogP contribution in [0, 0.1) is 0 Å². The fourth-order valence-corrected chi connectivity index (χ4v) is 1.75. The predicted molar refractivity (Wildman–Crippen MR) is 60.4 cm³/mol. The van der Waals surface area contributed by atoms with Gasteiger partial charge < -0.3 is 25.4 Å². The van der Waals surface area contributed by atoms with Crippen molar-refractivity contribution in [2.75, 3.05) is 6.61 Å². The molecule has 1 aliphatic rings. The molecule has 0 aliphatic carbocycles. The Hall–Kier alpha value is -0.890. The molecule has 0 aromatic heterocycles. The van der Waals surface area contributed by atoms with Gasteiger partial charge in [-0.3, -0.25) is 4.79 Å². The molecule has 0 unspecified atom stereocenters. The van der Waals surface area contributed by atoms with E-state index in [0.717, 1.165) is 0 Å². The number of hydrogen-bond donors (Lipinski definition) is 4. The molecule has 0 radical (unpaired) electrons. The topological polar surface area (TPSA) is 111 Å². The molecule has 1 aliphatic heterocycles. The van der Waals surface area contributed by atoms with Gasteiger partial charge in [0.05, 0.1) is 11.8 Å². The van der Waals surface area contributed by atoms with Gasteiger partial charge in [-0.25, -0.2) is 0 Å². The highest BCUT2D eigenvalue weighted by Gasteiger charge is 2.44. The molecule has 0 aromatic rings. The Balaban J connectivity index is 2.90. The summed E-state index contributed by atoms with van der Waals surface area (Å²) >= 11 is 4.43. The molecule has 0 spiro atoms. The number of carbonyl (C=O) groups is 1. The van der Waals surface area contributed by atoms with Crippen molar-refractivity contribution in [3.63, 3.8) is 0 Å². The molecule has 0 bridgehead atoms. The summed E-state index contributed by atoms with van der Waals surface area (Å²) in [5.41, 5.74) is 0. The number of rotatable bonds is 3. The van der Waals surface area contributed by atoms with Crippen LogP contribution >= 0.6 is 12.2 Å². The molecule has 1 amide bonds. The van der Waals surface area contributed by atoms with Crippen molar-refractivity contribution >= 4 is 23.3 Å². The second kappa shape index (κ2) is 6.15. The van der Waals surface area contributed by atoms with E-state index < -0.39 is 43.1 Å². The molecular formula is C9H14N2O5S. The number of hydrogen-bond acceptors (Lipinski definition) is 7. The maximum absolute atomic E-state index is 11.0. The number of thiocarbonyl (C=S) groups is 1. The third-order valence-corrected chi connectivity index (χ3v) is 2.56. The van der Waals surface area contributed by atoms with Gasteiger partial charge in [0.2, 0.25) is 5.91 Å². The Labute approximate surface area is 103 Å². The number of aliphatic hydroxyl groups is 3. The van der Waals surface area contributed by atoms with Gasteiger partial charge >= 0.3 is 0 Å². The Morgan fingerprint density at radius 3 is 2.65 bits per heavy atom. The van der Waals surface area contributed by atoms with Crippen molar-refractivity contribution < 1.29 is 24.9 Å². The van der Waals surface area contributed by atoms with Gasteiger partial charge in [-0.2, -0.15) is 4.99 Å². The van der Waals surface area contributed by atoms with E-state index in [9.17, 15) is 15.0 Å². The summed E-state index contributed by atoms with van der Waals surface area (Å²) in [5, 5.41) is 32.9. The first-order valence-corrected chi connectivity index (χ1v) is 5.38. The molecule has 0 aromatic carbocycles. The summed E-state index contributed by atoms with van der Waals surface area (Å²) in [6.07, 6.45) is -4.57. The maximum atomic E-state index is 11.0. The van der Waals surface area contributed by atoms with Crippen molar-refractivity contribution in [3.05, 3.63) is 0 Å². The fraction of sp³-hybridized carbons (Fsp3) is 0.778. The van der Waals surface area contributed by atoms with Crippen LogP contribution in [0.1, 0.15) is 6.92 Å². The summed E-state index contributed by atoms with van der Waals surface area (Å²) in [4.78, 5) is 14.6. The minimum atomic E-state index is -1.31. The van der Waals surface area contributed by atoms with E-state index in [2.05, 4.69) is 27.7 Å². The molecule has 0 saturated carbocycles. The van der Waals surface area contributed by atoms with E-state index in [1.165, 1.54) is 6.92 Å². The first-order valence-electron chi connectivity index (χ1n) is 4.97. The third kappa shape index (κ3) is 3.29. The molecule has 5 atom stereocenters. The van der Waals surface area contributed by atoms with Crippen LogP contribution in [0.5, 0.6) is 0 Å². The lowest BCUT2D eigenvalue weighted by molar-refractivity contribution is -0.192. The average molecular weight is 262 g/mol. The molecule has 7 nitrogen and oxygen atoms in total. The van der Waals surface area contributed by atoms with Crippen molar-refractivity contribution in [1.29, 1.82) is 0 Å². The van der Waals surface area contributed by atoms with Gasteiger partial charge in [-0.1, -0.05) is 0 Å². The number of nitrogens with one attached hydrogen (secondary N) is 1. The molecule has 17 heavy (non-hydrogen) atoms. The van der Waals surface area contributed by atoms with Crippen LogP contribution < -0.4 is 5.32 Å². The number of ether oxygens (including phenoxy) is 1. The lowest BCUT2D eigenvalue weighted by Gasteiger charge is -2.40. The van der Waals surface area contributed by atoms with E-state index in [1.807, 2.05) is 0 Å². The molecule has 1 rings (SSSR count). The highest BCUT2D eigenvalue weighted by Crippen LogP contribution is 2.21. The van der Waals surface area contributed by atoms with Crippen LogP contribution in [-0.2, 0) is 9.53 Å². The van der Waals surface area contributed by atoms with Gasteiger partial charge in [-0.15, -0.1) is 0 Å². The molecule has 8 heteroatoms. The predicted octanol–water partition coefficient (Wildman–Crippen LogP) is -1.97. The van der Waals surface area contributed by atoms with E-state index >= 15 is 0 Å². The Morgan fingerprint density at radius 2 is 2.18 bits per heavy atom. The van der Waals surface area contributed by atoms with Gasteiger partial charge in [-0.05, 0) is 12.2 Å². The van der Waals surface area contributed by atoms with E-state index in [-0.39, 0.29) is 0 Å². The van der Waals surface area contributed by atoms with Crippen LogP contribution in [0.2, 0.25) is 0 Å². The Morgan fingerprint density at radius 1 is 1.53 bits per heavy atom. The van der Waals surface area contributed by atoms with Crippen LogP contribution in [0.4, 0.5) is 0 Å². The highest BCUT2D eigenvalue weighted by atomic mass is 32.1. The van der Waals surface area contributed by atoms with E-state index in [1.54, 1.807) is 0 Å². The molecular weight excluding hydrogens is 248 g/mol. The molecule has 1 fully saturated rings. The van der Waals surface area contributed by atoms with E-state index in [0.29, 0.717) is 0 Å². The summed E-state index contributed by atoms with van der Waals surface area (Å²) < 4.78 is 5.20. The van der Waals surface area contributed by atoms with Crippen molar-refractivity contribution in [2.24, 2.45) is 4.99 Å². The largest absolute Gasteiger partial charge is 0.394 e. The zero-order valence-corrected chi connectivity index (χ0v) is 9.92. The normalized spacial score (nSPS) is 37.1. The van der Waals surface area contributed by atoms with Gasteiger partial charge in [0, 0.05) is 6.92 Å². The first kappa shape index (κ1) is 14.2. The molecule has 1 heterocycles. The molecule has 4 N–H and O–H groups in total. The van der Waals surface area contributed by atoms with Crippen LogP contribution in [0.25, 0.3) is 0 Å². The SMILES string of the molecule is CC(=O)N[C@@H]1[C@H](O)[C@@H](O)[C@@H](CO)O[C@@H]1N=C=S. The Bertz CT molecular complexity index is 333. The number of aliphatic hydroxyl groups excluding tert-OH is 3. The minimum Gasteiger partial charge on any atom is -0.394 e. The maximum Gasteiger partial charge on any atom is 0.217 e. The van der Waals surface area contributed by atoms with Gasteiger partial charge in [0.25, 0.3) is 0 Å². The zero-order chi connectivity index (χ0) is 13.0. The zero-order valence-electron chi connectivity index (χ0n) is 9.11. The monoisotopic (exact) mass is 262 g/mol. The Kier molecular flexibility index (Phi) is 5.13. The number of isothiocyanates is 1. The second-order valence-electron chi connectivity index (χ2n) is 3.68. The quantitative estimate of drug-likeness (QED) is 0.347. The van der Waals surface area contributed by atoms with Crippen LogP contribution in [0.3, 0.4) is 0 Å². The lowest BCUT2D eigenvalue weighted by atomic mass is 9.96. The summed E-state index contributed by atoms with van der Waals surface area (Å²) in [6, 6.07) is -0.930. The second-order valence-corrected chi connectivity index (χ2v) is 3.86. The van der Waals surface area contributed by atoms with Gasteiger partial charge in [0.15, 0.2) is 6.23 Å². The van der Waals surface area contributed by atoms with Crippen molar-refractivity contribution in [1.82, 2.24) is 5.32 Å². The fourth-order valence-electron chi connectivity index (χ4n) is 1.65. The average Bonchev–Trinajstić information content (AvgIpc) is 2.28. The van der Waals surface area contributed by atoms with Crippen molar-refractivity contribution in [2.45, 2.75) is 37.5 Å². The summed E-state index contributed by atoms with van der Waals surface area (Å²) in [6.45, 7) is 0.782. The number of carbonyl (C=O) groups excluding carboxylic acids is 1. The smallest absolute Gasteiger partial charge is 0.217 e.